The number of aryl methyl sites for hydroxylation is 1. The first-order valence-corrected chi connectivity index (χ1v) is 13.2. The van der Waals surface area contributed by atoms with Gasteiger partial charge < -0.3 is 14.6 Å². The molecule has 0 radical (unpaired) electrons. The van der Waals surface area contributed by atoms with E-state index in [0.29, 0.717) is 25.1 Å². The van der Waals surface area contributed by atoms with Gasteiger partial charge in [0.05, 0.1) is 28.6 Å². The average Bonchev–Trinajstić information content (AvgIpc) is 3.27. The van der Waals surface area contributed by atoms with E-state index in [9.17, 15) is 4.39 Å². The summed E-state index contributed by atoms with van der Waals surface area (Å²) < 4.78 is 21.6. The first-order valence-electron chi connectivity index (χ1n) is 13.2. The fraction of sp³-hybridized carbons (Fsp3) is 0.300. The molecule has 0 bridgehead atoms. The number of benzene rings is 3. The van der Waals surface area contributed by atoms with E-state index in [4.69, 9.17) is 9.72 Å². The lowest BCUT2D eigenvalue weighted by Crippen LogP contribution is -2.41. The van der Waals surface area contributed by atoms with Crippen LogP contribution in [-0.4, -0.2) is 56.7 Å². The molecule has 0 saturated carbocycles. The first-order chi connectivity index (χ1) is 18.6. The zero-order chi connectivity index (χ0) is 25.9. The number of rotatable bonds is 8. The smallest absolute Gasteiger partial charge is 0.235 e. The standard InChI is InChI=1S/C30H31FN6O/c1-21-29(34-26-7-3-2-6-25(26)32-21)38-19-18-36-16-14-24(15-17-36)33-30-35-27-8-4-5-9-28(27)37(30)20-22-10-12-23(31)13-11-22/h2-13,24H,14-20H2,1H3,(H,33,35). The maximum absolute atomic E-state index is 13.4. The molecule has 194 valence electrons. The molecule has 1 aliphatic rings. The summed E-state index contributed by atoms with van der Waals surface area (Å²) in [5.41, 5.74) is 5.62. The molecule has 6 rings (SSSR count). The van der Waals surface area contributed by atoms with Crippen LogP contribution >= 0.6 is 0 Å². The van der Waals surface area contributed by atoms with Crippen LogP contribution in [0.1, 0.15) is 24.1 Å². The molecule has 0 atom stereocenters. The van der Waals surface area contributed by atoms with Gasteiger partial charge >= 0.3 is 0 Å². The van der Waals surface area contributed by atoms with Gasteiger partial charge in [-0.3, -0.25) is 4.90 Å². The normalized spacial score (nSPS) is 14.8. The molecule has 8 heteroatoms. The van der Waals surface area contributed by atoms with Gasteiger partial charge in [0.1, 0.15) is 18.1 Å². The molecule has 1 aliphatic heterocycles. The number of hydrogen-bond acceptors (Lipinski definition) is 6. The Bertz CT molecular complexity index is 1540. The minimum atomic E-state index is -0.222. The molecular formula is C30H31FN6O. The number of piperidine rings is 1. The van der Waals surface area contributed by atoms with Gasteiger partial charge in [-0.15, -0.1) is 0 Å². The quantitative estimate of drug-likeness (QED) is 0.300. The van der Waals surface area contributed by atoms with Crippen molar-refractivity contribution in [3.8, 4) is 5.88 Å². The lowest BCUT2D eigenvalue weighted by molar-refractivity contribution is 0.174. The molecule has 1 N–H and O–H groups in total. The molecule has 2 aromatic heterocycles. The molecule has 0 unspecified atom stereocenters. The first kappa shape index (κ1) is 24.3. The van der Waals surface area contributed by atoms with Crippen LogP contribution in [-0.2, 0) is 6.54 Å². The van der Waals surface area contributed by atoms with Crippen molar-refractivity contribution < 1.29 is 9.13 Å². The number of halogens is 1. The third-order valence-corrected chi connectivity index (χ3v) is 7.18. The molecule has 0 amide bonds. The fourth-order valence-electron chi connectivity index (χ4n) is 5.08. The lowest BCUT2D eigenvalue weighted by atomic mass is 10.1. The Hall–Kier alpha value is -4.04. The van der Waals surface area contributed by atoms with Crippen LogP contribution in [0.5, 0.6) is 5.88 Å². The second-order valence-electron chi connectivity index (χ2n) is 9.85. The number of nitrogens with zero attached hydrogens (tertiary/aromatic N) is 5. The van der Waals surface area contributed by atoms with Crippen molar-refractivity contribution in [1.82, 2.24) is 24.4 Å². The van der Waals surface area contributed by atoms with E-state index in [1.165, 1.54) is 12.1 Å². The van der Waals surface area contributed by atoms with Gasteiger partial charge in [0.2, 0.25) is 11.8 Å². The van der Waals surface area contributed by atoms with Gasteiger partial charge in [0.25, 0.3) is 0 Å². The highest BCUT2D eigenvalue weighted by molar-refractivity contribution is 5.79. The fourth-order valence-corrected chi connectivity index (χ4v) is 5.08. The minimum Gasteiger partial charge on any atom is -0.475 e. The largest absolute Gasteiger partial charge is 0.475 e. The van der Waals surface area contributed by atoms with Crippen molar-refractivity contribution >= 4 is 28.0 Å². The summed E-state index contributed by atoms with van der Waals surface area (Å²) in [5.74, 6) is 1.25. The van der Waals surface area contributed by atoms with Gasteiger partial charge in [-0.2, -0.15) is 0 Å². The highest BCUT2D eigenvalue weighted by Gasteiger charge is 2.21. The Morgan fingerprint density at radius 1 is 0.868 bits per heavy atom. The SMILES string of the molecule is Cc1nc2ccccc2nc1OCCN1CCC(Nc2nc3ccccc3n2Cc2ccc(F)cc2)CC1. The van der Waals surface area contributed by atoms with E-state index in [1.807, 2.05) is 61.5 Å². The van der Waals surface area contributed by atoms with Gasteiger partial charge in [-0.25, -0.2) is 19.3 Å². The average molecular weight is 511 g/mol. The number of anilines is 1. The summed E-state index contributed by atoms with van der Waals surface area (Å²) >= 11 is 0. The Balaban J connectivity index is 1.06. The number of aromatic nitrogens is 4. The van der Waals surface area contributed by atoms with E-state index in [2.05, 4.69) is 30.8 Å². The number of hydrogen-bond donors (Lipinski definition) is 1. The lowest BCUT2D eigenvalue weighted by Gasteiger charge is -2.32. The zero-order valence-corrected chi connectivity index (χ0v) is 21.5. The molecular weight excluding hydrogens is 479 g/mol. The van der Waals surface area contributed by atoms with Crippen molar-refractivity contribution in [3.05, 3.63) is 89.9 Å². The van der Waals surface area contributed by atoms with Gasteiger partial charge in [-0.1, -0.05) is 36.4 Å². The summed E-state index contributed by atoms with van der Waals surface area (Å²) in [6.07, 6.45) is 2.04. The summed E-state index contributed by atoms with van der Waals surface area (Å²) in [5, 5.41) is 3.70. The van der Waals surface area contributed by atoms with Crippen LogP contribution in [0.3, 0.4) is 0 Å². The molecule has 38 heavy (non-hydrogen) atoms. The maximum atomic E-state index is 13.4. The molecule has 0 aliphatic carbocycles. The molecule has 1 saturated heterocycles. The number of ether oxygens (including phenoxy) is 1. The monoisotopic (exact) mass is 510 g/mol. The van der Waals surface area contributed by atoms with E-state index in [-0.39, 0.29) is 5.82 Å². The Labute approximate surface area is 221 Å². The highest BCUT2D eigenvalue weighted by atomic mass is 19.1. The highest BCUT2D eigenvalue weighted by Crippen LogP contribution is 2.24. The molecule has 5 aromatic rings. The number of fused-ring (bicyclic) bond motifs is 2. The van der Waals surface area contributed by atoms with Crippen LogP contribution < -0.4 is 10.1 Å². The van der Waals surface area contributed by atoms with Crippen molar-refractivity contribution in [2.24, 2.45) is 0 Å². The summed E-state index contributed by atoms with van der Waals surface area (Å²) in [6.45, 7) is 5.98. The summed E-state index contributed by atoms with van der Waals surface area (Å²) in [4.78, 5) is 16.6. The van der Waals surface area contributed by atoms with Crippen molar-refractivity contribution in [3.63, 3.8) is 0 Å². The maximum Gasteiger partial charge on any atom is 0.235 e. The van der Waals surface area contributed by atoms with Crippen LogP contribution in [0.2, 0.25) is 0 Å². The van der Waals surface area contributed by atoms with Crippen LogP contribution in [0.4, 0.5) is 10.3 Å². The molecule has 3 aromatic carbocycles. The predicted molar refractivity (Wildman–Crippen MR) is 148 cm³/mol. The van der Waals surface area contributed by atoms with Crippen LogP contribution in [0.25, 0.3) is 22.1 Å². The van der Waals surface area contributed by atoms with Crippen molar-refractivity contribution in [2.75, 3.05) is 31.6 Å². The second kappa shape index (κ2) is 10.8. The van der Waals surface area contributed by atoms with Crippen molar-refractivity contribution in [1.29, 1.82) is 0 Å². The molecule has 0 spiro atoms. The Kier molecular flexibility index (Phi) is 6.88. The van der Waals surface area contributed by atoms with Gasteiger partial charge in [0, 0.05) is 25.7 Å². The molecule has 7 nitrogen and oxygen atoms in total. The third kappa shape index (κ3) is 5.31. The second-order valence-corrected chi connectivity index (χ2v) is 9.85. The zero-order valence-electron chi connectivity index (χ0n) is 21.5. The Morgan fingerprint density at radius 3 is 2.32 bits per heavy atom. The number of para-hydroxylation sites is 4. The van der Waals surface area contributed by atoms with Crippen LogP contribution in [0.15, 0.2) is 72.8 Å². The number of imidazole rings is 1. The van der Waals surface area contributed by atoms with Crippen molar-refractivity contribution in [2.45, 2.75) is 32.4 Å². The number of likely N-dealkylation sites (tertiary alicyclic amines) is 1. The summed E-state index contributed by atoms with van der Waals surface area (Å²) in [6, 6.07) is 23.0. The van der Waals surface area contributed by atoms with Gasteiger partial charge in [0.15, 0.2) is 0 Å². The number of nitrogens with one attached hydrogen (secondary N) is 1. The van der Waals surface area contributed by atoms with E-state index >= 15 is 0 Å². The van der Waals surface area contributed by atoms with E-state index < -0.39 is 0 Å². The Morgan fingerprint density at radius 2 is 1.55 bits per heavy atom. The van der Waals surface area contributed by atoms with Crippen LogP contribution in [0, 0.1) is 12.7 Å². The minimum absolute atomic E-state index is 0.222. The third-order valence-electron chi connectivity index (χ3n) is 7.18. The summed E-state index contributed by atoms with van der Waals surface area (Å²) in [7, 11) is 0. The van der Waals surface area contributed by atoms with E-state index in [1.54, 1.807) is 0 Å². The van der Waals surface area contributed by atoms with Gasteiger partial charge in [-0.05, 0) is 61.7 Å². The predicted octanol–water partition coefficient (Wildman–Crippen LogP) is 5.43. The van der Waals surface area contributed by atoms with E-state index in [0.717, 1.165) is 71.7 Å². The topological polar surface area (TPSA) is 68.1 Å². The molecule has 1 fully saturated rings. The molecule has 3 heterocycles.